The van der Waals surface area contributed by atoms with E-state index in [0.29, 0.717) is 19.4 Å². The van der Waals surface area contributed by atoms with E-state index in [-0.39, 0.29) is 51.2 Å². The molecule has 0 unspecified atom stereocenters. The number of nitrogens with zero attached hydrogens (tertiary/aromatic N) is 2. The molecule has 1 rings (SSSR count). The van der Waals surface area contributed by atoms with E-state index in [9.17, 15) is 63.0 Å². The summed E-state index contributed by atoms with van der Waals surface area (Å²) >= 11 is 0. The predicted molar refractivity (Wildman–Crippen MR) is 214 cm³/mol. The molecule has 27 nitrogen and oxygen atoms in total. The molecule has 0 aromatic heterocycles. The maximum absolute atomic E-state index is 13.9. The molecule has 62 heavy (non-hydrogen) atoms. The summed E-state index contributed by atoms with van der Waals surface area (Å²) in [4.78, 5) is 143. The minimum Gasteiger partial charge on any atom is -0.481 e. The van der Waals surface area contributed by atoms with Gasteiger partial charge in [0.2, 0.25) is 47.3 Å². The fraction of sp³-hybridized carbons (Fsp3) is 0.657. The highest BCUT2D eigenvalue weighted by molar-refractivity contribution is 5.99. The SMILES string of the molecule is C[C@H](NC(=O)[C@H](CCCN=C(N)N)NC(=O)CNC(=O)[C@H](CC(N)=O)NC(=O)[C@@H]1CCCN1C(=O)[C@H](CCC(=O)O)NC(=O)[C@H](CC(=O)O)NC(=O)[C@@H](N)CCCCN)C(=O)O. The van der Waals surface area contributed by atoms with Crippen molar-refractivity contribution in [1.82, 2.24) is 36.8 Å². The summed E-state index contributed by atoms with van der Waals surface area (Å²) in [6.45, 7) is 0.683. The maximum Gasteiger partial charge on any atom is 0.325 e. The van der Waals surface area contributed by atoms with Crippen LogP contribution in [0.15, 0.2) is 4.99 Å². The molecule has 1 fully saturated rings. The molecule has 7 atom stereocenters. The summed E-state index contributed by atoms with van der Waals surface area (Å²) in [7, 11) is 0. The Balaban J connectivity index is 3.16. The van der Waals surface area contributed by atoms with Crippen molar-refractivity contribution in [3.05, 3.63) is 0 Å². The number of amides is 8. The molecular weight excluding hydrogens is 826 g/mol. The minimum atomic E-state index is -1.74. The van der Waals surface area contributed by atoms with Crippen LogP contribution in [0.25, 0.3) is 0 Å². The van der Waals surface area contributed by atoms with Crippen LogP contribution in [-0.2, 0) is 52.7 Å². The van der Waals surface area contributed by atoms with Crippen LogP contribution in [0.1, 0.15) is 77.6 Å². The Bertz CT molecular complexity index is 1680. The first-order chi connectivity index (χ1) is 29.1. The molecule has 8 amide bonds. The highest BCUT2D eigenvalue weighted by Crippen LogP contribution is 2.20. The van der Waals surface area contributed by atoms with E-state index in [1.54, 1.807) is 0 Å². The van der Waals surface area contributed by atoms with Gasteiger partial charge in [-0.3, -0.25) is 57.7 Å². The molecule has 0 aromatic carbocycles. The topological polar surface area (TPSA) is 466 Å². The first-order valence-electron chi connectivity index (χ1n) is 19.6. The number of nitrogens with one attached hydrogen (secondary N) is 6. The first-order valence-corrected chi connectivity index (χ1v) is 19.6. The number of unbranched alkanes of at least 4 members (excludes halogenated alkanes) is 1. The number of aliphatic carboxylic acids is 3. The summed E-state index contributed by atoms with van der Waals surface area (Å²) in [6, 6.07) is -10.2. The lowest BCUT2D eigenvalue weighted by Gasteiger charge is -2.30. The number of guanidine groups is 1. The first kappa shape index (κ1) is 53.4. The summed E-state index contributed by atoms with van der Waals surface area (Å²) in [5.41, 5.74) is 27.2. The minimum absolute atomic E-state index is 0.00262. The van der Waals surface area contributed by atoms with Gasteiger partial charge in [0.05, 0.1) is 25.4 Å². The number of primary amides is 1. The van der Waals surface area contributed by atoms with E-state index in [4.69, 9.17) is 33.8 Å². The molecule has 0 aromatic rings. The van der Waals surface area contributed by atoms with Crippen LogP contribution in [0, 0.1) is 0 Å². The van der Waals surface area contributed by atoms with Crippen molar-refractivity contribution in [2.45, 2.75) is 120 Å². The summed E-state index contributed by atoms with van der Waals surface area (Å²) in [6.07, 6.45) is -1.41. The maximum atomic E-state index is 13.9. The zero-order valence-corrected chi connectivity index (χ0v) is 34.3. The molecule has 1 aliphatic heterocycles. The number of carboxylic acid groups (broad SMARTS) is 3. The summed E-state index contributed by atoms with van der Waals surface area (Å²) in [5, 5.41) is 41.5. The smallest absolute Gasteiger partial charge is 0.325 e. The Morgan fingerprint density at radius 2 is 1.34 bits per heavy atom. The Morgan fingerprint density at radius 3 is 1.92 bits per heavy atom. The van der Waals surface area contributed by atoms with Crippen LogP contribution in [0.4, 0.5) is 0 Å². The van der Waals surface area contributed by atoms with Crippen molar-refractivity contribution in [2.75, 3.05) is 26.2 Å². The van der Waals surface area contributed by atoms with Crippen molar-refractivity contribution in [3.63, 3.8) is 0 Å². The number of likely N-dealkylation sites (tertiary alicyclic amines) is 1. The van der Waals surface area contributed by atoms with E-state index in [1.165, 1.54) is 6.92 Å². The van der Waals surface area contributed by atoms with Gasteiger partial charge < -0.3 is 80.8 Å². The monoisotopic (exact) mass is 885 g/mol. The van der Waals surface area contributed by atoms with Crippen LogP contribution in [0.3, 0.4) is 0 Å². The Hall–Kier alpha value is -6.64. The molecule has 19 N–H and O–H groups in total. The summed E-state index contributed by atoms with van der Waals surface area (Å²) < 4.78 is 0. The molecule has 1 heterocycles. The lowest BCUT2D eigenvalue weighted by Crippen LogP contribution is -2.59. The van der Waals surface area contributed by atoms with Gasteiger partial charge in [0.1, 0.15) is 36.3 Å². The molecule has 0 saturated carbocycles. The normalized spacial score (nSPS) is 16.1. The molecule has 27 heteroatoms. The van der Waals surface area contributed by atoms with Crippen LogP contribution in [0.2, 0.25) is 0 Å². The molecular formula is C35H59N13O14. The van der Waals surface area contributed by atoms with Gasteiger partial charge in [-0.05, 0) is 58.4 Å². The molecule has 0 spiro atoms. The van der Waals surface area contributed by atoms with Gasteiger partial charge in [-0.25, -0.2) is 0 Å². The van der Waals surface area contributed by atoms with Crippen molar-refractivity contribution in [1.29, 1.82) is 0 Å². The quantitative estimate of drug-likeness (QED) is 0.0189. The van der Waals surface area contributed by atoms with Gasteiger partial charge in [-0.15, -0.1) is 0 Å². The number of aliphatic imine (C=N–C) groups is 1. The van der Waals surface area contributed by atoms with Crippen molar-refractivity contribution in [2.24, 2.45) is 33.7 Å². The second-order valence-electron chi connectivity index (χ2n) is 14.3. The second-order valence-corrected chi connectivity index (χ2v) is 14.3. The molecule has 0 aliphatic carbocycles. The fourth-order valence-electron chi connectivity index (χ4n) is 5.97. The van der Waals surface area contributed by atoms with E-state index in [0.717, 1.165) is 4.90 Å². The Kier molecular flexibility index (Phi) is 23.5. The van der Waals surface area contributed by atoms with E-state index in [2.05, 4.69) is 36.9 Å². The van der Waals surface area contributed by atoms with Crippen LogP contribution >= 0.6 is 0 Å². The molecule has 0 bridgehead atoms. The van der Waals surface area contributed by atoms with E-state index in [1.807, 2.05) is 0 Å². The zero-order chi connectivity index (χ0) is 47.1. The zero-order valence-electron chi connectivity index (χ0n) is 34.3. The van der Waals surface area contributed by atoms with E-state index < -0.39 is 140 Å². The molecule has 1 aliphatic rings. The van der Waals surface area contributed by atoms with Crippen molar-refractivity contribution >= 4 is 71.1 Å². The van der Waals surface area contributed by atoms with Gasteiger partial charge in [-0.1, -0.05) is 6.42 Å². The van der Waals surface area contributed by atoms with E-state index >= 15 is 0 Å². The average Bonchev–Trinajstić information content (AvgIpc) is 3.68. The lowest BCUT2D eigenvalue weighted by atomic mass is 10.1. The number of rotatable bonds is 29. The molecule has 348 valence electrons. The van der Waals surface area contributed by atoms with Gasteiger partial charge in [0.25, 0.3) is 0 Å². The van der Waals surface area contributed by atoms with Gasteiger partial charge in [0.15, 0.2) is 5.96 Å². The number of carbonyl (C=O) groups excluding carboxylic acids is 8. The Labute approximate surface area is 355 Å². The average molecular weight is 886 g/mol. The summed E-state index contributed by atoms with van der Waals surface area (Å²) in [5.74, 6) is -12.4. The lowest BCUT2D eigenvalue weighted by molar-refractivity contribution is -0.144. The number of hydrogen-bond donors (Lipinski definition) is 14. The third kappa shape index (κ3) is 20.1. The van der Waals surface area contributed by atoms with Gasteiger partial charge in [0, 0.05) is 19.5 Å². The molecule has 1 saturated heterocycles. The number of hydrogen-bond acceptors (Lipinski definition) is 14. The molecule has 0 radical (unpaired) electrons. The van der Waals surface area contributed by atoms with Gasteiger partial charge >= 0.3 is 17.9 Å². The van der Waals surface area contributed by atoms with Crippen LogP contribution in [-0.4, -0.2) is 160 Å². The van der Waals surface area contributed by atoms with Crippen LogP contribution in [0.5, 0.6) is 0 Å². The largest absolute Gasteiger partial charge is 0.481 e. The number of nitrogens with two attached hydrogens (primary N) is 5. The van der Waals surface area contributed by atoms with Gasteiger partial charge in [-0.2, -0.15) is 0 Å². The fourth-order valence-corrected chi connectivity index (χ4v) is 5.97. The third-order valence-corrected chi connectivity index (χ3v) is 9.21. The third-order valence-electron chi connectivity index (χ3n) is 9.21. The second kappa shape index (κ2) is 27.3. The Morgan fingerprint density at radius 1 is 0.710 bits per heavy atom. The van der Waals surface area contributed by atoms with Crippen LogP contribution < -0.4 is 60.6 Å². The predicted octanol–water partition coefficient (Wildman–Crippen LogP) is -6.65. The van der Waals surface area contributed by atoms with Crippen molar-refractivity contribution in [3.8, 4) is 0 Å². The number of carbonyl (C=O) groups is 11. The highest BCUT2D eigenvalue weighted by Gasteiger charge is 2.40. The number of carboxylic acids is 3. The highest BCUT2D eigenvalue weighted by atomic mass is 16.4. The van der Waals surface area contributed by atoms with Crippen molar-refractivity contribution < 1.29 is 68.1 Å². The standard InChI is InChI=1S/C35H59N13O14/c1-17(34(61)62)43-30(57)19(7-4-12-41-35(39)40)44-25(50)16-42-29(56)21(14-24(38)49)47-32(59)23-8-5-13-48(23)33(60)20(9-10-26(51)52)45-31(58)22(15-27(53)54)46-28(55)18(37)6-2-3-11-36/h17-23H,2-16,36-37H2,1H3,(H2,38,49)(H,42,56)(H,43,57)(H,44,50)(H,45,58)(H,46,55)(H,47,59)(H,51,52)(H,53,54)(H,61,62)(H4,39,40,41)/t17-,18-,19-,20-,21-,22-,23-/m0/s1.